The summed E-state index contributed by atoms with van der Waals surface area (Å²) in [5.74, 6) is -9.18. The number of amides is 1. The molecule has 2 heterocycles. The third kappa shape index (κ3) is 9.35. The van der Waals surface area contributed by atoms with E-state index in [9.17, 15) is 62.1 Å². The zero-order valence-corrected chi connectivity index (χ0v) is 34.6. The Hall–Kier alpha value is -5.68. The topological polar surface area (TPSA) is 266 Å². The maximum Gasteiger partial charge on any atom is 0.471 e. The van der Waals surface area contributed by atoms with Crippen molar-refractivity contribution in [3.63, 3.8) is 0 Å². The zero-order valence-electron chi connectivity index (χ0n) is 34.6. The van der Waals surface area contributed by atoms with Crippen molar-refractivity contribution in [2.45, 2.75) is 127 Å². The molecule has 2 saturated heterocycles. The molecule has 0 unspecified atom stereocenters. The first-order valence-corrected chi connectivity index (χ1v) is 19.5. The van der Waals surface area contributed by atoms with Crippen LogP contribution in [0.3, 0.4) is 0 Å². The Balaban J connectivity index is 1.35. The number of nitrogens with one attached hydrogen (secondary N) is 1. The van der Waals surface area contributed by atoms with Gasteiger partial charge in [-0.05, 0) is 19.9 Å². The van der Waals surface area contributed by atoms with E-state index in [1.54, 1.807) is 0 Å². The molecule has 0 aromatic heterocycles. The molecule has 342 valence electrons. The Labute approximate surface area is 356 Å². The molecular formula is C41H44F3NO18. The van der Waals surface area contributed by atoms with Crippen molar-refractivity contribution < 1.29 is 99.9 Å². The fourth-order valence-electron chi connectivity index (χ4n) is 8.37. The van der Waals surface area contributed by atoms with Crippen molar-refractivity contribution in [1.82, 2.24) is 5.32 Å². The number of benzene rings is 2. The van der Waals surface area contributed by atoms with Crippen LogP contribution in [0.1, 0.15) is 103 Å². The van der Waals surface area contributed by atoms with Gasteiger partial charge in [0.05, 0.1) is 42.0 Å². The van der Waals surface area contributed by atoms with Gasteiger partial charge in [-0.15, -0.1) is 0 Å². The second-order valence-corrected chi connectivity index (χ2v) is 15.5. The highest BCUT2D eigenvalue weighted by Gasteiger charge is 2.52. The summed E-state index contributed by atoms with van der Waals surface area (Å²) in [6, 6.07) is 2.49. The van der Waals surface area contributed by atoms with Gasteiger partial charge in [-0.2, -0.15) is 13.2 Å². The van der Waals surface area contributed by atoms with Gasteiger partial charge < -0.3 is 58.5 Å². The number of ketones is 3. The maximum atomic E-state index is 14.0. The molecule has 22 heteroatoms. The molecule has 0 bridgehead atoms. The predicted molar refractivity (Wildman–Crippen MR) is 200 cm³/mol. The van der Waals surface area contributed by atoms with E-state index in [1.807, 2.05) is 5.32 Å². The van der Waals surface area contributed by atoms with Gasteiger partial charge in [0.2, 0.25) is 5.78 Å². The normalized spacial score (nSPS) is 29.0. The Morgan fingerprint density at radius 3 is 2.11 bits per heavy atom. The van der Waals surface area contributed by atoms with Crippen molar-refractivity contribution in [3.8, 4) is 17.2 Å². The molecule has 4 aliphatic rings. The van der Waals surface area contributed by atoms with E-state index in [2.05, 4.69) is 0 Å². The Kier molecular flexibility index (Phi) is 13.2. The van der Waals surface area contributed by atoms with E-state index in [0.29, 0.717) is 0 Å². The number of methoxy groups -OCH3 is 1. The Bertz CT molecular complexity index is 2230. The fourth-order valence-corrected chi connectivity index (χ4v) is 8.37. The molecule has 63 heavy (non-hydrogen) atoms. The van der Waals surface area contributed by atoms with E-state index in [4.69, 9.17) is 37.9 Å². The zero-order chi connectivity index (χ0) is 46.5. The van der Waals surface area contributed by atoms with Gasteiger partial charge in [0, 0.05) is 63.1 Å². The van der Waals surface area contributed by atoms with Crippen LogP contribution in [-0.4, -0.2) is 131 Å². The molecule has 2 fully saturated rings. The summed E-state index contributed by atoms with van der Waals surface area (Å²) in [5, 5.41) is 37.0. The molecule has 0 saturated carbocycles. The number of ether oxygens (including phenoxy) is 8. The van der Waals surface area contributed by atoms with Crippen molar-refractivity contribution in [2.75, 3.05) is 13.7 Å². The van der Waals surface area contributed by atoms with Gasteiger partial charge in [0.15, 0.2) is 30.3 Å². The van der Waals surface area contributed by atoms with Crippen LogP contribution in [-0.2, 0) is 63.6 Å². The smallest absolute Gasteiger partial charge is 0.471 e. The Morgan fingerprint density at radius 2 is 1.51 bits per heavy atom. The summed E-state index contributed by atoms with van der Waals surface area (Å²) in [6.45, 7) is 5.01. The number of fused-ring (bicyclic) bond motifs is 3. The number of phenolic OH excluding ortho intramolecular Hbond substituents is 2. The highest BCUT2D eigenvalue weighted by Crippen LogP contribution is 2.52. The van der Waals surface area contributed by atoms with Gasteiger partial charge in [0.1, 0.15) is 47.8 Å². The molecule has 0 radical (unpaired) electrons. The highest BCUT2D eigenvalue weighted by molar-refractivity contribution is 6.31. The first-order valence-electron chi connectivity index (χ1n) is 19.5. The molecule has 19 nitrogen and oxygen atoms in total. The number of halogens is 3. The number of Topliss-reactive ketones (excluding diaryl/α,β-unsaturated/α-hetero) is 1. The van der Waals surface area contributed by atoms with Crippen molar-refractivity contribution >= 4 is 41.2 Å². The van der Waals surface area contributed by atoms with E-state index in [1.165, 1.54) is 32.2 Å². The third-order valence-electron chi connectivity index (χ3n) is 11.2. The summed E-state index contributed by atoms with van der Waals surface area (Å²) in [4.78, 5) is 89.0. The number of aromatic hydroxyl groups is 2. The average molecular weight is 896 g/mol. The van der Waals surface area contributed by atoms with Gasteiger partial charge in [0.25, 0.3) is 0 Å². The lowest BCUT2D eigenvalue weighted by molar-refractivity contribution is -0.310. The number of esters is 3. The van der Waals surface area contributed by atoms with Crippen LogP contribution in [0.25, 0.3) is 0 Å². The molecule has 10 atom stereocenters. The van der Waals surface area contributed by atoms with E-state index < -0.39 is 157 Å². The van der Waals surface area contributed by atoms with Crippen LogP contribution in [0, 0.1) is 0 Å². The van der Waals surface area contributed by atoms with E-state index in [-0.39, 0.29) is 34.4 Å². The molecule has 0 spiro atoms. The number of rotatable bonds is 11. The third-order valence-corrected chi connectivity index (χ3v) is 11.2. The molecule has 2 aliphatic carbocycles. The number of carbonyl (C=O) groups is 7. The minimum Gasteiger partial charge on any atom is -0.507 e. The summed E-state index contributed by atoms with van der Waals surface area (Å²) < 4.78 is 86.7. The molecule has 2 aromatic carbocycles. The number of alkyl halides is 3. The first-order chi connectivity index (χ1) is 29.4. The van der Waals surface area contributed by atoms with Crippen LogP contribution in [0.5, 0.6) is 17.2 Å². The van der Waals surface area contributed by atoms with Crippen LogP contribution in [0.15, 0.2) is 18.2 Å². The predicted octanol–water partition coefficient (Wildman–Crippen LogP) is 2.31. The van der Waals surface area contributed by atoms with Gasteiger partial charge in [-0.1, -0.05) is 12.1 Å². The molecule has 2 aromatic rings. The van der Waals surface area contributed by atoms with Gasteiger partial charge >= 0.3 is 30.0 Å². The van der Waals surface area contributed by atoms with E-state index in [0.717, 1.165) is 27.7 Å². The lowest BCUT2D eigenvalue weighted by Crippen LogP contribution is -2.61. The van der Waals surface area contributed by atoms with Crippen molar-refractivity contribution in [1.29, 1.82) is 0 Å². The van der Waals surface area contributed by atoms with Gasteiger partial charge in [-0.3, -0.25) is 33.6 Å². The number of hydrogen-bond acceptors (Lipinski definition) is 18. The fraction of sp³-hybridized carbons (Fsp3) is 0.537. The lowest BCUT2D eigenvalue weighted by atomic mass is 9.72. The van der Waals surface area contributed by atoms with Gasteiger partial charge in [-0.25, -0.2) is 0 Å². The van der Waals surface area contributed by atoms with E-state index >= 15 is 0 Å². The van der Waals surface area contributed by atoms with Crippen LogP contribution in [0.2, 0.25) is 0 Å². The SMILES string of the molecule is COc1cccc2c1C(=O)c1c(O)c3c(c(O)c1C2=O)C[C@@](O)(C(C)=O)C[C@@H]3O[C@H]1C[C@H](NC(=O)C(F)(F)F)[C@H](O[C@@H]2C[C@@H](OC(C)=O)[C@H](OC(C)=O)[C@@H](COC(C)=O)O2)[C@H](C)O1. The maximum absolute atomic E-state index is 14.0. The Morgan fingerprint density at radius 1 is 0.857 bits per heavy atom. The monoisotopic (exact) mass is 895 g/mol. The first kappa shape index (κ1) is 46.8. The molecule has 4 N–H and O–H groups in total. The number of aliphatic hydroxyl groups is 1. The van der Waals surface area contributed by atoms with Crippen LogP contribution in [0.4, 0.5) is 13.2 Å². The second-order valence-electron chi connectivity index (χ2n) is 15.5. The van der Waals surface area contributed by atoms with Crippen LogP contribution < -0.4 is 10.1 Å². The summed E-state index contributed by atoms with van der Waals surface area (Å²) in [5.41, 5.74) is -4.64. The lowest BCUT2D eigenvalue weighted by Gasteiger charge is -2.46. The van der Waals surface area contributed by atoms with Crippen molar-refractivity contribution in [3.05, 3.63) is 51.6 Å². The summed E-state index contributed by atoms with van der Waals surface area (Å²) in [7, 11) is 1.25. The number of phenols is 2. The molecule has 6 rings (SSSR count). The standard InChI is InChI=1S/C41H44F3NO18/c1-15-37(63-28-11-24(59-18(4)48)38(60-19(5)49)26(62-28)14-57-17(3)47)22(45-39(54)41(42,43)44)10-27(58-15)61-25-13-40(55,16(2)46)12-21-30(25)36(53)32-31(34(21)51)33(50)20-8-7-9-23(56-6)29(20)35(32)52/h7-9,15,22,24-28,37-38,51,53,55H,10-14H2,1-6H3,(H,45,54)/t15-,22-,24+,25-,26+,27-,28+,37+,38-,40-/m0/s1. The summed E-state index contributed by atoms with van der Waals surface area (Å²) >= 11 is 0. The minimum atomic E-state index is -5.41. The molecular weight excluding hydrogens is 851 g/mol. The largest absolute Gasteiger partial charge is 0.507 e. The second kappa shape index (κ2) is 17.8. The van der Waals surface area contributed by atoms with Crippen molar-refractivity contribution in [2.24, 2.45) is 0 Å². The molecule has 1 amide bonds. The number of hydrogen-bond donors (Lipinski definition) is 4. The summed E-state index contributed by atoms with van der Waals surface area (Å²) in [6.07, 6.45) is -19.4. The van der Waals surface area contributed by atoms with Crippen LogP contribution >= 0.6 is 0 Å². The highest BCUT2D eigenvalue weighted by atomic mass is 19.4. The molecule has 2 aliphatic heterocycles. The number of carbonyl (C=O) groups excluding carboxylic acids is 7. The average Bonchev–Trinajstić information content (AvgIpc) is 3.18. The minimum absolute atomic E-state index is 0.0233. The quantitative estimate of drug-likeness (QED) is 0.122.